The second kappa shape index (κ2) is 4.85. The molecule has 3 rings (SSSR count). The maximum Gasteiger partial charge on any atom is 0.150 e. The summed E-state index contributed by atoms with van der Waals surface area (Å²) in [5.41, 5.74) is 6.51. The van der Waals surface area contributed by atoms with Crippen molar-refractivity contribution in [2.45, 2.75) is 6.54 Å². The highest BCUT2D eigenvalue weighted by atomic mass is 32.1. The molecule has 2 aromatic heterocycles. The minimum absolute atomic E-state index is 0.174. The Kier molecular flexibility index (Phi) is 3.05. The van der Waals surface area contributed by atoms with E-state index in [9.17, 15) is 4.39 Å². The highest BCUT2D eigenvalue weighted by Gasteiger charge is 2.08. The number of thiophene rings is 1. The molecule has 0 amide bonds. The molecule has 2 N–H and O–H groups in total. The smallest absolute Gasteiger partial charge is 0.150 e. The molecule has 3 aromatic rings. The number of anilines is 1. The normalized spacial score (nSPS) is 10.8. The molecule has 0 unspecified atom stereocenters. The van der Waals surface area contributed by atoms with Crippen molar-refractivity contribution >= 4 is 17.0 Å². The SMILES string of the molecule is Nc1ccc(Cn2ccnc2-c2cccs2)cc1F. The van der Waals surface area contributed by atoms with Crippen molar-refractivity contribution in [3.05, 3.63) is 59.5 Å². The molecule has 1 aromatic carbocycles. The third kappa shape index (κ3) is 2.37. The Morgan fingerprint density at radius 1 is 1.32 bits per heavy atom. The fraction of sp³-hybridized carbons (Fsp3) is 0.0714. The highest BCUT2D eigenvalue weighted by Crippen LogP contribution is 2.24. The van der Waals surface area contributed by atoms with E-state index in [1.165, 1.54) is 6.07 Å². The van der Waals surface area contributed by atoms with Gasteiger partial charge in [-0.3, -0.25) is 0 Å². The average Bonchev–Trinajstić information content (AvgIpc) is 3.04. The predicted molar refractivity (Wildman–Crippen MR) is 75.5 cm³/mol. The lowest BCUT2D eigenvalue weighted by Crippen LogP contribution is -2.01. The van der Waals surface area contributed by atoms with E-state index in [4.69, 9.17) is 5.73 Å². The predicted octanol–water partition coefficient (Wildman–Crippen LogP) is 3.38. The molecule has 96 valence electrons. The summed E-state index contributed by atoms with van der Waals surface area (Å²) in [7, 11) is 0. The van der Waals surface area contributed by atoms with Gasteiger partial charge in [-0.1, -0.05) is 12.1 Å². The Labute approximate surface area is 114 Å². The molecule has 0 fully saturated rings. The number of hydrogen-bond donors (Lipinski definition) is 1. The van der Waals surface area contributed by atoms with Crippen LogP contribution in [0.25, 0.3) is 10.7 Å². The van der Waals surface area contributed by atoms with Crippen molar-refractivity contribution in [3.8, 4) is 10.7 Å². The second-order valence-corrected chi connectivity index (χ2v) is 5.16. The molecular weight excluding hydrogens is 261 g/mol. The van der Waals surface area contributed by atoms with Crippen LogP contribution in [0.15, 0.2) is 48.1 Å². The zero-order valence-corrected chi connectivity index (χ0v) is 10.9. The van der Waals surface area contributed by atoms with Crippen molar-refractivity contribution in [2.75, 3.05) is 5.73 Å². The van der Waals surface area contributed by atoms with Gasteiger partial charge in [-0.15, -0.1) is 11.3 Å². The molecule has 0 radical (unpaired) electrons. The standard InChI is InChI=1S/C14H12FN3S/c15-11-8-10(3-4-12(11)16)9-18-6-5-17-14(18)13-2-1-7-19-13/h1-8H,9,16H2. The summed E-state index contributed by atoms with van der Waals surface area (Å²) < 4.78 is 15.4. The van der Waals surface area contributed by atoms with E-state index < -0.39 is 0 Å². The molecule has 2 heterocycles. The number of aromatic nitrogens is 2. The molecule has 19 heavy (non-hydrogen) atoms. The van der Waals surface area contributed by atoms with Crippen LogP contribution in [0.5, 0.6) is 0 Å². The van der Waals surface area contributed by atoms with Crippen molar-refractivity contribution < 1.29 is 4.39 Å². The Bertz CT molecular complexity index is 689. The summed E-state index contributed by atoms with van der Waals surface area (Å²) in [4.78, 5) is 5.45. The molecule has 0 atom stereocenters. The lowest BCUT2D eigenvalue weighted by atomic mass is 10.2. The van der Waals surface area contributed by atoms with Crippen LogP contribution in [0.1, 0.15) is 5.56 Å². The van der Waals surface area contributed by atoms with Crippen molar-refractivity contribution in [2.24, 2.45) is 0 Å². The van der Waals surface area contributed by atoms with E-state index >= 15 is 0 Å². The van der Waals surface area contributed by atoms with Gasteiger partial charge in [0.2, 0.25) is 0 Å². The van der Waals surface area contributed by atoms with Gasteiger partial charge in [-0.05, 0) is 29.1 Å². The first-order valence-corrected chi connectivity index (χ1v) is 6.71. The number of imidazole rings is 1. The fourth-order valence-electron chi connectivity index (χ4n) is 1.93. The number of nitrogen functional groups attached to an aromatic ring is 1. The molecule has 0 bridgehead atoms. The van der Waals surface area contributed by atoms with Crippen LogP contribution in [0.4, 0.5) is 10.1 Å². The highest BCUT2D eigenvalue weighted by molar-refractivity contribution is 7.13. The lowest BCUT2D eigenvalue weighted by molar-refractivity contribution is 0.628. The molecule has 0 saturated carbocycles. The zero-order chi connectivity index (χ0) is 13.2. The molecule has 0 aliphatic rings. The molecule has 5 heteroatoms. The van der Waals surface area contributed by atoms with Crippen LogP contribution in [-0.2, 0) is 6.54 Å². The second-order valence-electron chi connectivity index (χ2n) is 4.21. The summed E-state index contributed by atoms with van der Waals surface area (Å²) in [6.45, 7) is 0.574. The molecule has 3 nitrogen and oxygen atoms in total. The lowest BCUT2D eigenvalue weighted by Gasteiger charge is -2.07. The summed E-state index contributed by atoms with van der Waals surface area (Å²) in [5.74, 6) is 0.516. The van der Waals surface area contributed by atoms with E-state index in [0.29, 0.717) is 6.54 Å². The van der Waals surface area contributed by atoms with Crippen molar-refractivity contribution in [1.82, 2.24) is 9.55 Å². The van der Waals surface area contributed by atoms with Crippen molar-refractivity contribution in [3.63, 3.8) is 0 Å². The molecular formula is C14H12FN3S. The van der Waals surface area contributed by atoms with Gasteiger partial charge >= 0.3 is 0 Å². The molecule has 0 saturated heterocycles. The van der Waals surface area contributed by atoms with Gasteiger partial charge < -0.3 is 10.3 Å². The van der Waals surface area contributed by atoms with Crippen LogP contribution < -0.4 is 5.73 Å². The van der Waals surface area contributed by atoms with Crippen LogP contribution in [0.2, 0.25) is 0 Å². The first-order valence-electron chi connectivity index (χ1n) is 5.83. The Morgan fingerprint density at radius 3 is 2.95 bits per heavy atom. The molecule has 0 spiro atoms. The fourth-order valence-corrected chi connectivity index (χ4v) is 2.67. The van der Waals surface area contributed by atoms with E-state index in [0.717, 1.165) is 16.3 Å². The van der Waals surface area contributed by atoms with Crippen LogP contribution in [0.3, 0.4) is 0 Å². The third-order valence-electron chi connectivity index (χ3n) is 2.87. The Balaban J connectivity index is 1.92. The largest absolute Gasteiger partial charge is 0.396 e. The number of nitrogens with zero attached hydrogens (tertiary/aromatic N) is 2. The van der Waals surface area contributed by atoms with Crippen LogP contribution in [-0.4, -0.2) is 9.55 Å². The third-order valence-corrected chi connectivity index (χ3v) is 3.74. The maximum absolute atomic E-state index is 13.4. The number of halogens is 1. The summed E-state index contributed by atoms with van der Waals surface area (Å²) in [6.07, 6.45) is 3.64. The van der Waals surface area contributed by atoms with Gasteiger partial charge in [0.25, 0.3) is 0 Å². The molecule has 0 aliphatic carbocycles. The number of hydrogen-bond acceptors (Lipinski definition) is 3. The van der Waals surface area contributed by atoms with Crippen LogP contribution in [0, 0.1) is 5.82 Å². The van der Waals surface area contributed by atoms with Gasteiger partial charge in [0, 0.05) is 18.9 Å². The van der Waals surface area contributed by atoms with E-state index in [1.54, 1.807) is 23.6 Å². The van der Waals surface area contributed by atoms with Gasteiger partial charge in [0.15, 0.2) is 0 Å². The van der Waals surface area contributed by atoms with Crippen molar-refractivity contribution in [1.29, 1.82) is 0 Å². The maximum atomic E-state index is 13.4. The minimum atomic E-state index is -0.379. The van der Waals surface area contributed by atoms with Gasteiger partial charge in [0.05, 0.1) is 10.6 Å². The van der Waals surface area contributed by atoms with Gasteiger partial charge in [0.1, 0.15) is 11.6 Å². The molecule has 0 aliphatic heterocycles. The van der Waals surface area contributed by atoms with Gasteiger partial charge in [-0.2, -0.15) is 0 Å². The Hall–Kier alpha value is -2.14. The number of rotatable bonds is 3. The average molecular weight is 273 g/mol. The van der Waals surface area contributed by atoms with E-state index in [-0.39, 0.29) is 11.5 Å². The summed E-state index contributed by atoms with van der Waals surface area (Å²) in [6, 6.07) is 8.89. The quantitative estimate of drug-likeness (QED) is 0.743. The monoisotopic (exact) mass is 273 g/mol. The Morgan fingerprint density at radius 2 is 2.21 bits per heavy atom. The zero-order valence-electron chi connectivity index (χ0n) is 10.1. The van der Waals surface area contributed by atoms with Gasteiger partial charge in [-0.25, -0.2) is 9.37 Å². The number of benzene rings is 1. The topological polar surface area (TPSA) is 43.8 Å². The van der Waals surface area contributed by atoms with E-state index in [1.807, 2.05) is 34.3 Å². The van der Waals surface area contributed by atoms with Crippen LogP contribution >= 0.6 is 11.3 Å². The first kappa shape index (κ1) is 11.9. The van der Waals surface area contributed by atoms with E-state index in [2.05, 4.69) is 4.98 Å². The summed E-state index contributed by atoms with van der Waals surface area (Å²) >= 11 is 1.63. The number of nitrogens with two attached hydrogens (primary N) is 1. The summed E-state index contributed by atoms with van der Waals surface area (Å²) in [5, 5.41) is 2.01. The minimum Gasteiger partial charge on any atom is -0.396 e. The first-order chi connectivity index (χ1) is 9.24.